The van der Waals surface area contributed by atoms with Crippen molar-refractivity contribution in [1.29, 1.82) is 0 Å². The van der Waals surface area contributed by atoms with E-state index in [-0.39, 0.29) is 6.42 Å². The Morgan fingerprint density at radius 1 is 0.705 bits per heavy atom. The van der Waals surface area contributed by atoms with Crippen LogP contribution < -0.4 is 5.32 Å². The molecular formula is C33H65NO10. The molecule has 11 nitrogen and oxygen atoms in total. The molecule has 1 saturated heterocycles. The van der Waals surface area contributed by atoms with Crippen LogP contribution in [0.4, 0.5) is 0 Å². The zero-order valence-electron chi connectivity index (χ0n) is 27.4. The molecule has 0 aliphatic carbocycles. The average molecular weight is 636 g/mol. The third-order valence-electron chi connectivity index (χ3n) is 8.66. The highest BCUT2D eigenvalue weighted by Gasteiger charge is 2.44. The van der Waals surface area contributed by atoms with Gasteiger partial charge in [-0.25, -0.2) is 0 Å². The van der Waals surface area contributed by atoms with Crippen molar-refractivity contribution >= 4 is 5.91 Å². The highest BCUT2D eigenvalue weighted by molar-refractivity contribution is 5.80. The van der Waals surface area contributed by atoms with Crippen LogP contribution in [0.2, 0.25) is 0 Å². The molecule has 0 saturated carbocycles. The fourth-order valence-electron chi connectivity index (χ4n) is 5.61. The molecular weight excluding hydrogens is 570 g/mol. The molecule has 1 aliphatic heterocycles. The van der Waals surface area contributed by atoms with Crippen molar-refractivity contribution in [3.05, 3.63) is 0 Å². The van der Waals surface area contributed by atoms with E-state index in [0.29, 0.717) is 19.3 Å². The van der Waals surface area contributed by atoms with Gasteiger partial charge >= 0.3 is 0 Å². The van der Waals surface area contributed by atoms with Crippen LogP contribution in [0.1, 0.15) is 136 Å². The number of aliphatic hydroxyl groups is 7. The molecule has 0 aromatic carbocycles. The molecule has 1 heterocycles. The van der Waals surface area contributed by atoms with E-state index in [1.165, 1.54) is 44.9 Å². The summed E-state index contributed by atoms with van der Waals surface area (Å²) in [4.78, 5) is 12.9. The van der Waals surface area contributed by atoms with Crippen molar-refractivity contribution in [3.8, 4) is 0 Å². The number of aliphatic hydroxyl groups excluding tert-OH is 7. The first-order valence-corrected chi connectivity index (χ1v) is 17.4. The quantitative estimate of drug-likeness (QED) is 0.0623. The van der Waals surface area contributed by atoms with Crippen LogP contribution in [0.25, 0.3) is 0 Å². The zero-order valence-corrected chi connectivity index (χ0v) is 27.4. The molecule has 0 spiro atoms. The van der Waals surface area contributed by atoms with Gasteiger partial charge in [-0.3, -0.25) is 4.79 Å². The van der Waals surface area contributed by atoms with Crippen molar-refractivity contribution in [3.63, 3.8) is 0 Å². The zero-order chi connectivity index (χ0) is 32.7. The van der Waals surface area contributed by atoms with Gasteiger partial charge in [-0.2, -0.15) is 0 Å². The van der Waals surface area contributed by atoms with Crippen LogP contribution in [0.15, 0.2) is 0 Å². The van der Waals surface area contributed by atoms with E-state index >= 15 is 0 Å². The van der Waals surface area contributed by atoms with E-state index < -0.39 is 74.2 Å². The van der Waals surface area contributed by atoms with Crippen LogP contribution in [-0.4, -0.2) is 110 Å². The van der Waals surface area contributed by atoms with Crippen molar-refractivity contribution in [2.24, 2.45) is 0 Å². The van der Waals surface area contributed by atoms with Crippen molar-refractivity contribution in [1.82, 2.24) is 5.32 Å². The number of amides is 1. The normalized spacial score (nSPS) is 25.0. The van der Waals surface area contributed by atoms with Gasteiger partial charge in [0.25, 0.3) is 0 Å². The Balaban J connectivity index is 2.60. The molecule has 0 radical (unpaired) electrons. The summed E-state index contributed by atoms with van der Waals surface area (Å²) in [6, 6.07) is -1.16. The maximum absolute atomic E-state index is 12.9. The van der Waals surface area contributed by atoms with Gasteiger partial charge < -0.3 is 50.5 Å². The lowest BCUT2D eigenvalue weighted by molar-refractivity contribution is -0.303. The third-order valence-corrected chi connectivity index (χ3v) is 8.66. The second-order valence-electron chi connectivity index (χ2n) is 12.6. The van der Waals surface area contributed by atoms with Crippen LogP contribution in [0.5, 0.6) is 0 Å². The monoisotopic (exact) mass is 635 g/mol. The second kappa shape index (κ2) is 25.2. The molecule has 0 aromatic rings. The molecule has 8 N–H and O–H groups in total. The first-order chi connectivity index (χ1) is 21.2. The molecule has 262 valence electrons. The first-order valence-electron chi connectivity index (χ1n) is 17.4. The highest BCUT2D eigenvalue weighted by Crippen LogP contribution is 2.23. The van der Waals surface area contributed by atoms with E-state index in [0.717, 1.165) is 51.4 Å². The number of hydrogen-bond acceptors (Lipinski definition) is 10. The van der Waals surface area contributed by atoms with Gasteiger partial charge in [-0.05, 0) is 12.8 Å². The number of ether oxygens (including phenoxy) is 2. The summed E-state index contributed by atoms with van der Waals surface area (Å²) in [5.41, 5.74) is 0. The molecule has 9 atom stereocenters. The number of rotatable bonds is 27. The van der Waals surface area contributed by atoms with Gasteiger partial charge in [0.2, 0.25) is 5.91 Å². The van der Waals surface area contributed by atoms with Gasteiger partial charge in [-0.1, -0.05) is 123 Å². The highest BCUT2D eigenvalue weighted by atomic mass is 16.7. The Bertz CT molecular complexity index is 699. The lowest BCUT2D eigenvalue weighted by Gasteiger charge is -2.40. The Hall–Kier alpha value is -0.890. The average Bonchev–Trinajstić information content (AvgIpc) is 3.02. The van der Waals surface area contributed by atoms with E-state index in [9.17, 15) is 40.5 Å². The minimum absolute atomic E-state index is 0.263. The van der Waals surface area contributed by atoms with Crippen LogP contribution in [-0.2, 0) is 14.3 Å². The summed E-state index contributed by atoms with van der Waals surface area (Å²) >= 11 is 0. The smallest absolute Gasteiger partial charge is 0.249 e. The molecule has 1 fully saturated rings. The fourth-order valence-corrected chi connectivity index (χ4v) is 5.61. The van der Waals surface area contributed by atoms with Gasteiger partial charge in [-0.15, -0.1) is 0 Å². The van der Waals surface area contributed by atoms with E-state index in [2.05, 4.69) is 19.2 Å². The Morgan fingerprint density at radius 2 is 1.18 bits per heavy atom. The van der Waals surface area contributed by atoms with Crippen LogP contribution in [0.3, 0.4) is 0 Å². The number of carbonyl (C=O) groups is 1. The Kier molecular flexibility index (Phi) is 23.6. The standard InChI is InChI=1S/C33H65NO10/c1-3-5-7-9-11-12-13-14-15-17-19-21-26(37)32(42)34-24(28(38)25(36)20-18-16-10-8-6-4-2)23-43-33-31(41)30(40)29(39)27(22-35)44-33/h24-31,33,35-41H,3-23H2,1-2H3,(H,34,42). The summed E-state index contributed by atoms with van der Waals surface area (Å²) in [5, 5.41) is 74.6. The molecule has 11 heteroatoms. The molecule has 1 rings (SSSR count). The van der Waals surface area contributed by atoms with Gasteiger partial charge in [0.15, 0.2) is 6.29 Å². The first kappa shape index (κ1) is 41.1. The summed E-state index contributed by atoms with van der Waals surface area (Å²) in [5.74, 6) is -0.703. The lowest BCUT2D eigenvalue weighted by atomic mass is 9.98. The van der Waals surface area contributed by atoms with Crippen molar-refractivity contribution in [2.75, 3.05) is 13.2 Å². The van der Waals surface area contributed by atoms with Crippen molar-refractivity contribution in [2.45, 2.75) is 191 Å². The molecule has 1 amide bonds. The minimum Gasteiger partial charge on any atom is -0.394 e. The third kappa shape index (κ3) is 16.6. The number of nitrogens with one attached hydrogen (secondary N) is 1. The molecule has 44 heavy (non-hydrogen) atoms. The summed E-state index contributed by atoms with van der Waals surface area (Å²) in [6.07, 6.45) is 7.84. The Labute approximate surface area is 265 Å². The van der Waals surface area contributed by atoms with Crippen molar-refractivity contribution < 1.29 is 50.0 Å². The van der Waals surface area contributed by atoms with E-state index in [1.807, 2.05) is 0 Å². The molecule has 9 unspecified atom stereocenters. The molecule has 0 bridgehead atoms. The van der Waals surface area contributed by atoms with Gasteiger partial charge in [0.1, 0.15) is 36.6 Å². The number of hydrogen-bond donors (Lipinski definition) is 8. The summed E-state index contributed by atoms with van der Waals surface area (Å²) < 4.78 is 10.9. The van der Waals surface area contributed by atoms with E-state index in [1.54, 1.807) is 0 Å². The predicted molar refractivity (Wildman–Crippen MR) is 169 cm³/mol. The van der Waals surface area contributed by atoms with E-state index in [4.69, 9.17) is 9.47 Å². The number of unbranched alkanes of at least 4 members (excludes halogenated alkanes) is 15. The fraction of sp³-hybridized carbons (Fsp3) is 0.970. The lowest BCUT2D eigenvalue weighted by Crippen LogP contribution is -2.60. The van der Waals surface area contributed by atoms with Gasteiger partial charge in [0, 0.05) is 0 Å². The van der Waals surface area contributed by atoms with Crippen LogP contribution in [0, 0.1) is 0 Å². The predicted octanol–water partition coefficient (Wildman–Crippen LogP) is 2.82. The molecule has 0 aromatic heterocycles. The summed E-state index contributed by atoms with van der Waals surface area (Å²) in [6.45, 7) is 3.30. The summed E-state index contributed by atoms with van der Waals surface area (Å²) in [7, 11) is 0. The minimum atomic E-state index is -1.65. The second-order valence-corrected chi connectivity index (χ2v) is 12.6. The number of carbonyl (C=O) groups excluding carboxylic acids is 1. The molecule has 1 aliphatic rings. The van der Waals surface area contributed by atoms with Gasteiger partial charge in [0.05, 0.1) is 25.4 Å². The van der Waals surface area contributed by atoms with Crippen LogP contribution >= 0.6 is 0 Å². The maximum atomic E-state index is 12.9. The topological polar surface area (TPSA) is 189 Å². The maximum Gasteiger partial charge on any atom is 0.249 e. The largest absolute Gasteiger partial charge is 0.394 e. The Morgan fingerprint density at radius 3 is 1.68 bits per heavy atom. The SMILES string of the molecule is CCCCCCCCCCCCCC(O)C(=O)NC(COC1OC(CO)C(O)C(O)C1O)C(O)C(O)CCCCCCCC.